The van der Waals surface area contributed by atoms with Crippen molar-refractivity contribution in [3.05, 3.63) is 47.3 Å². The normalized spacial score (nSPS) is 16.8. The lowest BCUT2D eigenvalue weighted by atomic mass is 9.98. The van der Waals surface area contributed by atoms with E-state index in [9.17, 15) is 9.59 Å². The van der Waals surface area contributed by atoms with Gasteiger partial charge in [-0.15, -0.1) is 0 Å². The highest BCUT2D eigenvalue weighted by Gasteiger charge is 2.34. The number of anilines is 1. The lowest BCUT2D eigenvalue weighted by Gasteiger charge is -2.17. The van der Waals surface area contributed by atoms with Gasteiger partial charge < -0.3 is 10.0 Å². The van der Waals surface area contributed by atoms with E-state index in [0.29, 0.717) is 17.8 Å². The maximum atomic E-state index is 12.6. The van der Waals surface area contributed by atoms with Crippen LogP contribution in [0.3, 0.4) is 0 Å². The van der Waals surface area contributed by atoms with Crippen LogP contribution in [-0.4, -0.2) is 33.7 Å². The molecule has 0 aliphatic carbocycles. The number of carboxylic acid groups (broad SMARTS) is 1. The molecule has 0 bridgehead atoms. The Balaban J connectivity index is 1.96. The summed E-state index contributed by atoms with van der Waals surface area (Å²) in [5.74, 6) is -1.18. The van der Waals surface area contributed by atoms with Gasteiger partial charge in [-0.3, -0.25) is 14.7 Å². The fraction of sp³-hybridized carbons (Fsp3) is 0.267. The van der Waals surface area contributed by atoms with Gasteiger partial charge in [0.05, 0.1) is 18.2 Å². The zero-order valence-corrected chi connectivity index (χ0v) is 11.5. The molecule has 1 unspecified atom stereocenters. The second-order valence-corrected chi connectivity index (χ2v) is 5.18. The van der Waals surface area contributed by atoms with Crippen LogP contribution in [0.1, 0.15) is 34.0 Å². The highest BCUT2D eigenvalue weighted by molar-refractivity contribution is 6.08. The monoisotopic (exact) mass is 285 g/mol. The van der Waals surface area contributed by atoms with Crippen LogP contribution < -0.4 is 4.90 Å². The second kappa shape index (κ2) is 5.05. The minimum Gasteiger partial charge on any atom is -0.481 e. The number of carbonyl (C=O) groups excluding carboxylic acids is 1. The number of nitrogens with zero attached hydrogens (tertiary/aromatic N) is 2. The van der Waals surface area contributed by atoms with E-state index in [-0.39, 0.29) is 18.2 Å². The average molecular weight is 285 g/mol. The molecule has 21 heavy (non-hydrogen) atoms. The summed E-state index contributed by atoms with van der Waals surface area (Å²) in [6, 6.07) is 7.46. The molecule has 0 saturated heterocycles. The molecule has 108 valence electrons. The first-order chi connectivity index (χ1) is 10.1. The molecule has 6 nitrogen and oxygen atoms in total. The third-order valence-electron chi connectivity index (χ3n) is 3.80. The molecule has 2 aromatic rings. The molecule has 1 aromatic carbocycles. The number of carboxylic acids is 1. The van der Waals surface area contributed by atoms with Gasteiger partial charge in [0, 0.05) is 23.8 Å². The SMILES string of the molecule is Cc1[nH]ncc1C(=O)N1CC(CC(=O)O)c2ccccc21. The Kier molecular flexibility index (Phi) is 3.21. The average Bonchev–Trinajstić information content (AvgIpc) is 3.02. The summed E-state index contributed by atoms with van der Waals surface area (Å²) in [6.45, 7) is 2.17. The van der Waals surface area contributed by atoms with Crippen LogP contribution in [0, 0.1) is 6.92 Å². The van der Waals surface area contributed by atoms with Crippen molar-refractivity contribution < 1.29 is 14.7 Å². The molecule has 0 fully saturated rings. The zero-order chi connectivity index (χ0) is 15.0. The number of hydrogen-bond acceptors (Lipinski definition) is 3. The van der Waals surface area contributed by atoms with Crippen LogP contribution in [0.25, 0.3) is 0 Å². The van der Waals surface area contributed by atoms with E-state index in [2.05, 4.69) is 10.2 Å². The Hall–Kier alpha value is -2.63. The van der Waals surface area contributed by atoms with Gasteiger partial charge in [-0.2, -0.15) is 5.10 Å². The van der Waals surface area contributed by atoms with Gasteiger partial charge in [0.1, 0.15) is 0 Å². The molecule has 1 aliphatic rings. The van der Waals surface area contributed by atoms with Crippen molar-refractivity contribution in [2.45, 2.75) is 19.3 Å². The zero-order valence-electron chi connectivity index (χ0n) is 11.5. The Bertz CT molecular complexity index is 708. The van der Waals surface area contributed by atoms with Crippen molar-refractivity contribution in [3.63, 3.8) is 0 Å². The number of amides is 1. The number of aromatic amines is 1. The first-order valence-electron chi connectivity index (χ1n) is 6.70. The minimum atomic E-state index is -0.858. The van der Waals surface area contributed by atoms with Crippen LogP contribution in [0.5, 0.6) is 0 Å². The Morgan fingerprint density at radius 1 is 1.43 bits per heavy atom. The highest BCUT2D eigenvalue weighted by Crippen LogP contribution is 2.38. The Morgan fingerprint density at radius 2 is 2.19 bits per heavy atom. The van der Waals surface area contributed by atoms with Crippen molar-refractivity contribution in [3.8, 4) is 0 Å². The Morgan fingerprint density at radius 3 is 2.86 bits per heavy atom. The molecule has 3 rings (SSSR count). The van der Waals surface area contributed by atoms with Gasteiger partial charge in [-0.05, 0) is 18.6 Å². The molecular weight excluding hydrogens is 270 g/mol. The minimum absolute atomic E-state index is 0.0190. The number of rotatable bonds is 3. The van der Waals surface area contributed by atoms with E-state index in [4.69, 9.17) is 5.11 Å². The third-order valence-corrected chi connectivity index (χ3v) is 3.80. The summed E-state index contributed by atoms with van der Waals surface area (Å²) in [5, 5.41) is 15.7. The van der Waals surface area contributed by atoms with Gasteiger partial charge in [-0.1, -0.05) is 18.2 Å². The third kappa shape index (κ3) is 2.29. The summed E-state index contributed by atoms with van der Waals surface area (Å²) in [6.07, 6.45) is 1.52. The molecule has 0 spiro atoms. The molecule has 1 atom stereocenters. The summed E-state index contributed by atoms with van der Waals surface area (Å²) >= 11 is 0. The van der Waals surface area contributed by atoms with Gasteiger partial charge in [0.2, 0.25) is 0 Å². The number of para-hydroxylation sites is 1. The van der Waals surface area contributed by atoms with Crippen molar-refractivity contribution in [2.24, 2.45) is 0 Å². The smallest absolute Gasteiger partial charge is 0.304 e. The van der Waals surface area contributed by atoms with E-state index in [1.54, 1.807) is 11.8 Å². The molecule has 1 aromatic heterocycles. The van der Waals surface area contributed by atoms with Gasteiger partial charge >= 0.3 is 5.97 Å². The highest BCUT2D eigenvalue weighted by atomic mass is 16.4. The van der Waals surface area contributed by atoms with Crippen molar-refractivity contribution in [2.75, 3.05) is 11.4 Å². The number of hydrogen-bond donors (Lipinski definition) is 2. The number of fused-ring (bicyclic) bond motifs is 1. The topological polar surface area (TPSA) is 86.3 Å². The molecule has 2 heterocycles. The van der Waals surface area contributed by atoms with Crippen LogP contribution in [0.15, 0.2) is 30.5 Å². The summed E-state index contributed by atoms with van der Waals surface area (Å²) in [5.41, 5.74) is 2.92. The van der Waals surface area contributed by atoms with Crippen LogP contribution in [0.4, 0.5) is 5.69 Å². The lowest BCUT2D eigenvalue weighted by Crippen LogP contribution is -2.30. The van der Waals surface area contributed by atoms with E-state index >= 15 is 0 Å². The van der Waals surface area contributed by atoms with E-state index in [1.807, 2.05) is 24.3 Å². The molecule has 1 aliphatic heterocycles. The van der Waals surface area contributed by atoms with Crippen molar-refractivity contribution in [1.29, 1.82) is 0 Å². The van der Waals surface area contributed by atoms with Gasteiger partial charge in [0.15, 0.2) is 0 Å². The number of nitrogens with one attached hydrogen (secondary N) is 1. The molecule has 0 saturated carbocycles. The van der Waals surface area contributed by atoms with Crippen molar-refractivity contribution in [1.82, 2.24) is 10.2 Å². The van der Waals surface area contributed by atoms with Crippen LogP contribution >= 0.6 is 0 Å². The number of aliphatic carboxylic acids is 1. The van der Waals surface area contributed by atoms with Crippen LogP contribution in [0.2, 0.25) is 0 Å². The van der Waals surface area contributed by atoms with Crippen LogP contribution in [-0.2, 0) is 4.79 Å². The number of H-pyrrole nitrogens is 1. The molecule has 6 heteroatoms. The molecular formula is C15H15N3O3. The fourth-order valence-electron chi connectivity index (χ4n) is 2.78. The van der Waals surface area contributed by atoms with Crippen molar-refractivity contribution >= 4 is 17.6 Å². The standard InChI is InChI=1S/C15H15N3O3/c1-9-12(7-16-17-9)15(21)18-8-10(6-14(19)20)11-4-2-3-5-13(11)18/h2-5,7,10H,6,8H2,1H3,(H,16,17)(H,19,20). The summed E-state index contributed by atoms with van der Waals surface area (Å²) in [7, 11) is 0. The largest absolute Gasteiger partial charge is 0.481 e. The fourth-order valence-corrected chi connectivity index (χ4v) is 2.78. The first-order valence-corrected chi connectivity index (χ1v) is 6.70. The summed E-state index contributed by atoms with van der Waals surface area (Å²) < 4.78 is 0. The van der Waals surface area contributed by atoms with E-state index in [1.165, 1.54) is 6.20 Å². The molecule has 1 amide bonds. The molecule has 0 radical (unpaired) electrons. The van der Waals surface area contributed by atoms with E-state index < -0.39 is 5.97 Å². The maximum Gasteiger partial charge on any atom is 0.304 e. The predicted octanol–water partition coefficient (Wildman–Crippen LogP) is 1.94. The molecule has 2 N–H and O–H groups in total. The lowest BCUT2D eigenvalue weighted by molar-refractivity contribution is -0.137. The quantitative estimate of drug-likeness (QED) is 0.902. The number of aryl methyl sites for hydroxylation is 1. The maximum absolute atomic E-state index is 12.6. The first kappa shape index (κ1) is 13.4. The second-order valence-electron chi connectivity index (χ2n) is 5.18. The van der Waals surface area contributed by atoms with Gasteiger partial charge in [0.25, 0.3) is 5.91 Å². The number of aromatic nitrogens is 2. The summed E-state index contributed by atoms with van der Waals surface area (Å²) in [4.78, 5) is 25.3. The predicted molar refractivity (Wildman–Crippen MR) is 76.4 cm³/mol. The Labute approximate surface area is 121 Å². The number of benzene rings is 1. The van der Waals surface area contributed by atoms with E-state index in [0.717, 1.165) is 11.3 Å². The number of carbonyl (C=O) groups is 2. The van der Waals surface area contributed by atoms with Gasteiger partial charge in [-0.25, -0.2) is 0 Å².